The van der Waals surface area contributed by atoms with Gasteiger partial charge in [-0.25, -0.2) is 0 Å². The zero-order valence-corrected chi connectivity index (χ0v) is 11.1. The molecular formula is C7H11AcNO. The van der Waals surface area contributed by atoms with Crippen LogP contribution in [0.1, 0.15) is 13.8 Å². The Morgan fingerprint density at radius 3 is 2.10 bits per heavy atom. The summed E-state index contributed by atoms with van der Waals surface area (Å²) in [5.41, 5.74) is 0.241. The Morgan fingerprint density at radius 1 is 1.60 bits per heavy atom. The first-order valence-electron chi connectivity index (χ1n) is 2.86. The molecule has 3 heteroatoms. The van der Waals surface area contributed by atoms with E-state index in [0.717, 1.165) is 0 Å². The van der Waals surface area contributed by atoms with Crippen molar-refractivity contribution < 1.29 is 49.2 Å². The summed E-state index contributed by atoms with van der Waals surface area (Å²) in [4.78, 5) is 0. The van der Waals surface area contributed by atoms with Crippen LogP contribution in [0.5, 0.6) is 0 Å². The maximum atomic E-state index is 9.07. The smallest absolute Gasteiger partial charge is 0.0968 e. The SMILES string of the molecule is C=C(C#N)C(O)C(C)C.[Ac]. The van der Waals surface area contributed by atoms with Gasteiger partial charge in [0.15, 0.2) is 0 Å². The fourth-order valence-electron chi connectivity index (χ4n) is 0.469. The molecule has 0 aromatic heterocycles. The van der Waals surface area contributed by atoms with Crippen molar-refractivity contribution in [2.24, 2.45) is 5.92 Å². The van der Waals surface area contributed by atoms with Gasteiger partial charge in [0.1, 0.15) is 0 Å². The molecule has 1 unspecified atom stereocenters. The molecule has 1 radical (unpaired) electrons. The third-order valence-corrected chi connectivity index (χ3v) is 1.13. The van der Waals surface area contributed by atoms with E-state index >= 15 is 0 Å². The fourth-order valence-corrected chi connectivity index (χ4v) is 0.469. The van der Waals surface area contributed by atoms with Gasteiger partial charge in [-0.3, -0.25) is 0 Å². The van der Waals surface area contributed by atoms with Gasteiger partial charge in [-0.1, -0.05) is 20.4 Å². The van der Waals surface area contributed by atoms with Gasteiger partial charge in [-0.2, -0.15) is 5.26 Å². The Kier molecular flexibility index (Phi) is 8.40. The molecule has 0 spiro atoms. The maximum absolute atomic E-state index is 9.07. The van der Waals surface area contributed by atoms with Crippen molar-refractivity contribution in [1.82, 2.24) is 0 Å². The molecular weight excluding hydrogens is 341 g/mol. The van der Waals surface area contributed by atoms with Gasteiger partial charge in [0.2, 0.25) is 0 Å². The summed E-state index contributed by atoms with van der Waals surface area (Å²) >= 11 is 0. The number of rotatable bonds is 2. The van der Waals surface area contributed by atoms with Gasteiger partial charge >= 0.3 is 0 Å². The van der Waals surface area contributed by atoms with Crippen LogP contribution < -0.4 is 0 Å². The van der Waals surface area contributed by atoms with E-state index in [1.165, 1.54) is 0 Å². The van der Waals surface area contributed by atoms with Crippen LogP contribution >= 0.6 is 0 Å². The number of aliphatic hydroxyl groups is 1. The molecule has 0 aliphatic rings. The number of nitrogens with zero attached hydrogens (tertiary/aromatic N) is 1. The Labute approximate surface area is 97.5 Å². The predicted molar refractivity (Wildman–Crippen MR) is 35.6 cm³/mol. The average molecular weight is 352 g/mol. The van der Waals surface area contributed by atoms with Gasteiger partial charge in [0.05, 0.1) is 17.7 Å². The topological polar surface area (TPSA) is 44.0 Å². The van der Waals surface area contributed by atoms with Crippen LogP contribution in [0.2, 0.25) is 0 Å². The standard InChI is InChI=1S/C7H11NO.Ac/c1-5(2)7(9)6(3)4-8;/h5,7,9H,3H2,1-2H3;. The van der Waals surface area contributed by atoms with E-state index in [-0.39, 0.29) is 55.6 Å². The van der Waals surface area contributed by atoms with Crippen molar-refractivity contribution >= 4 is 0 Å². The molecule has 2 nitrogen and oxygen atoms in total. The van der Waals surface area contributed by atoms with Gasteiger partial charge in [0, 0.05) is 44.1 Å². The predicted octanol–water partition coefficient (Wildman–Crippen LogP) is 1.08. The summed E-state index contributed by atoms with van der Waals surface area (Å²) in [5.74, 6) is 0.0807. The third kappa shape index (κ3) is 4.45. The second-order valence-electron chi connectivity index (χ2n) is 2.33. The number of aliphatic hydroxyl groups excluding tert-OH is 1. The largest absolute Gasteiger partial charge is 0.387 e. The summed E-state index contributed by atoms with van der Waals surface area (Å²) in [6, 6.07) is 1.80. The minimum absolute atomic E-state index is 0. The molecule has 0 saturated carbocycles. The van der Waals surface area contributed by atoms with E-state index in [1.54, 1.807) is 6.07 Å². The second-order valence-corrected chi connectivity index (χ2v) is 2.33. The van der Waals surface area contributed by atoms with Crippen molar-refractivity contribution in [3.63, 3.8) is 0 Å². The molecule has 0 aromatic carbocycles. The van der Waals surface area contributed by atoms with E-state index in [2.05, 4.69) is 6.58 Å². The Morgan fingerprint density at radius 2 is 2.00 bits per heavy atom. The molecule has 0 aliphatic carbocycles. The van der Waals surface area contributed by atoms with Crippen LogP contribution in [0.15, 0.2) is 12.2 Å². The molecule has 0 aliphatic heterocycles. The molecule has 0 saturated heterocycles. The summed E-state index contributed by atoms with van der Waals surface area (Å²) in [6.45, 7) is 7.06. The molecule has 0 fully saturated rings. The number of hydrogen-bond donors (Lipinski definition) is 1. The molecule has 0 heterocycles. The van der Waals surface area contributed by atoms with E-state index in [4.69, 9.17) is 10.4 Å². The molecule has 1 atom stereocenters. The van der Waals surface area contributed by atoms with E-state index in [1.807, 2.05) is 13.8 Å². The summed E-state index contributed by atoms with van der Waals surface area (Å²) in [6.07, 6.45) is -0.671. The molecule has 10 heavy (non-hydrogen) atoms. The summed E-state index contributed by atoms with van der Waals surface area (Å²) < 4.78 is 0. The molecule has 0 aromatic rings. The van der Waals surface area contributed by atoms with Crippen molar-refractivity contribution in [3.8, 4) is 6.07 Å². The van der Waals surface area contributed by atoms with Crippen LogP contribution in [-0.4, -0.2) is 11.2 Å². The molecule has 0 amide bonds. The van der Waals surface area contributed by atoms with Gasteiger partial charge in [-0.15, -0.1) is 0 Å². The number of nitriles is 1. The first-order chi connectivity index (χ1) is 4.09. The van der Waals surface area contributed by atoms with Gasteiger partial charge in [-0.05, 0) is 5.92 Å². The van der Waals surface area contributed by atoms with Crippen LogP contribution in [0, 0.1) is 61.3 Å². The van der Waals surface area contributed by atoms with E-state index in [0.29, 0.717) is 0 Å². The van der Waals surface area contributed by atoms with Crippen molar-refractivity contribution in [2.45, 2.75) is 20.0 Å². The minimum atomic E-state index is -0.671. The van der Waals surface area contributed by atoms with Crippen LogP contribution in [0.4, 0.5) is 0 Å². The van der Waals surface area contributed by atoms with Crippen LogP contribution in [0.25, 0.3) is 0 Å². The van der Waals surface area contributed by atoms with Crippen LogP contribution in [-0.2, 0) is 0 Å². The molecule has 53 valence electrons. The monoisotopic (exact) mass is 352 g/mol. The Hall–Kier alpha value is 0.632. The van der Waals surface area contributed by atoms with Crippen molar-refractivity contribution in [3.05, 3.63) is 12.2 Å². The van der Waals surface area contributed by atoms with Crippen molar-refractivity contribution in [1.29, 1.82) is 5.26 Å². The van der Waals surface area contributed by atoms with E-state index in [9.17, 15) is 0 Å². The maximum Gasteiger partial charge on any atom is 0.0968 e. The molecule has 0 bridgehead atoms. The van der Waals surface area contributed by atoms with Gasteiger partial charge < -0.3 is 5.11 Å². The van der Waals surface area contributed by atoms with E-state index < -0.39 is 6.10 Å². The van der Waals surface area contributed by atoms with Crippen molar-refractivity contribution in [2.75, 3.05) is 0 Å². The normalized spacial score (nSPS) is 11.5. The minimum Gasteiger partial charge on any atom is -0.387 e. The first kappa shape index (κ1) is 13.2. The third-order valence-electron chi connectivity index (χ3n) is 1.13. The van der Waals surface area contributed by atoms with Gasteiger partial charge in [0.25, 0.3) is 0 Å². The zero-order valence-electron chi connectivity index (χ0n) is 6.33. The first-order valence-corrected chi connectivity index (χ1v) is 2.86. The Bertz CT molecular complexity index is 148. The van der Waals surface area contributed by atoms with Crippen LogP contribution in [0.3, 0.4) is 0 Å². The summed E-state index contributed by atoms with van der Waals surface area (Å²) in [5, 5.41) is 17.3. The Balaban J connectivity index is 0. The number of hydrogen-bond acceptors (Lipinski definition) is 2. The average Bonchev–Trinajstić information content (AvgIpc) is 1.84. The molecule has 0 rings (SSSR count). The molecule has 1 N–H and O–H groups in total. The summed E-state index contributed by atoms with van der Waals surface area (Å²) in [7, 11) is 0. The zero-order chi connectivity index (χ0) is 7.44. The fraction of sp³-hybridized carbons (Fsp3) is 0.571. The second kappa shape index (κ2) is 6.35. The quantitative estimate of drug-likeness (QED) is 0.756.